The monoisotopic (exact) mass is 383 g/mol. The molecule has 0 saturated carbocycles. The number of piperidine rings is 3. The maximum atomic E-state index is 11.2. The molecule has 27 heavy (non-hydrogen) atoms. The molecule has 2 bridgehead atoms. The molecule has 0 radical (unpaired) electrons. The smallest absolute Gasteiger partial charge is 0.130 e. The number of thiocyanates is 1. The third kappa shape index (κ3) is 3.96. The summed E-state index contributed by atoms with van der Waals surface area (Å²) in [6.07, 6.45) is 5.62. The molecule has 5 atom stereocenters. The third-order valence-corrected chi connectivity index (χ3v) is 5.82. The van der Waals surface area contributed by atoms with E-state index in [2.05, 4.69) is 35.2 Å². The molecule has 142 valence electrons. The van der Waals surface area contributed by atoms with Crippen molar-refractivity contribution in [2.24, 2.45) is 11.8 Å². The van der Waals surface area contributed by atoms with Crippen LogP contribution in [0.25, 0.3) is 10.9 Å². The number of fused-ring (bicyclic) bond motifs is 4. The molecule has 1 aromatic heterocycles. The Morgan fingerprint density at radius 3 is 2.89 bits per heavy atom. The first-order chi connectivity index (χ1) is 13.1. The van der Waals surface area contributed by atoms with Crippen LogP contribution in [0.15, 0.2) is 43.1 Å². The van der Waals surface area contributed by atoms with Gasteiger partial charge in [0.05, 0.1) is 18.7 Å². The lowest BCUT2D eigenvalue weighted by molar-refractivity contribution is -0.0444. The maximum absolute atomic E-state index is 11.2. The number of ether oxygens (including phenoxy) is 1. The summed E-state index contributed by atoms with van der Waals surface area (Å²) >= 11 is 3.09. The second-order valence-corrected chi connectivity index (χ2v) is 7.27. The first-order valence-electron chi connectivity index (χ1n) is 9.13. The highest BCUT2D eigenvalue weighted by atomic mass is 32.1. The van der Waals surface area contributed by atoms with Crippen LogP contribution in [0, 0.1) is 22.5 Å². The van der Waals surface area contributed by atoms with Crippen LogP contribution in [0.3, 0.4) is 0 Å². The number of pyridine rings is 1. The standard InChI is InChI=1S/C20H24N2O2.CHNS/c1-3-13-12-22-9-7-14(13)10-19(22)20(23)16-6-8-21-18-5-4-15(24-2)11-17(16)18;2-1-3/h3-6,8,11,13-14,19-20,23H,1,7,9-10,12H2,2H3;3H. The number of benzene rings is 1. The van der Waals surface area contributed by atoms with Gasteiger partial charge in [0.2, 0.25) is 0 Å². The Labute approximate surface area is 165 Å². The minimum atomic E-state index is -0.504. The van der Waals surface area contributed by atoms with Crippen LogP contribution >= 0.6 is 12.6 Å². The van der Waals surface area contributed by atoms with E-state index < -0.39 is 6.10 Å². The van der Waals surface area contributed by atoms with Crippen LogP contribution in [0.4, 0.5) is 0 Å². The molecule has 0 spiro atoms. The molecular weight excluding hydrogens is 358 g/mol. The fourth-order valence-corrected chi connectivity index (χ4v) is 4.44. The van der Waals surface area contributed by atoms with Crippen molar-refractivity contribution in [1.29, 1.82) is 5.26 Å². The largest absolute Gasteiger partial charge is 0.497 e. The quantitative estimate of drug-likeness (QED) is 0.480. The minimum absolute atomic E-state index is 0.178. The van der Waals surface area contributed by atoms with Gasteiger partial charge < -0.3 is 9.84 Å². The topological polar surface area (TPSA) is 69.4 Å². The van der Waals surface area contributed by atoms with Crippen LogP contribution in [0.1, 0.15) is 24.5 Å². The average Bonchev–Trinajstić information content (AvgIpc) is 2.73. The van der Waals surface area contributed by atoms with Crippen LogP contribution in [0.5, 0.6) is 5.75 Å². The van der Waals surface area contributed by atoms with Crippen LogP contribution in [-0.4, -0.2) is 41.2 Å². The summed E-state index contributed by atoms with van der Waals surface area (Å²) in [6, 6.07) is 7.96. The first kappa shape index (κ1) is 19.7. The van der Waals surface area contributed by atoms with Gasteiger partial charge in [-0.15, -0.1) is 6.58 Å². The Balaban J connectivity index is 0.000000659. The highest BCUT2D eigenvalue weighted by molar-refractivity contribution is 7.85. The second kappa shape index (κ2) is 8.75. The highest BCUT2D eigenvalue weighted by Gasteiger charge is 2.42. The molecule has 6 heteroatoms. The van der Waals surface area contributed by atoms with E-state index >= 15 is 0 Å². The van der Waals surface area contributed by atoms with E-state index in [0.717, 1.165) is 41.7 Å². The van der Waals surface area contributed by atoms with Gasteiger partial charge in [0, 0.05) is 24.2 Å². The lowest BCUT2D eigenvalue weighted by atomic mass is 9.73. The zero-order valence-electron chi connectivity index (χ0n) is 15.5. The average molecular weight is 384 g/mol. The summed E-state index contributed by atoms with van der Waals surface area (Å²) in [6.45, 7) is 6.07. The van der Waals surface area contributed by atoms with Crippen molar-refractivity contribution in [3.63, 3.8) is 0 Å². The molecule has 3 saturated heterocycles. The fraction of sp³-hybridized carbons (Fsp3) is 0.429. The van der Waals surface area contributed by atoms with Gasteiger partial charge in [-0.1, -0.05) is 18.7 Å². The van der Waals surface area contributed by atoms with Gasteiger partial charge in [-0.05, 0) is 61.1 Å². The van der Waals surface area contributed by atoms with E-state index in [9.17, 15) is 5.11 Å². The number of aromatic nitrogens is 1. The molecule has 2 aromatic rings. The van der Waals surface area contributed by atoms with Crippen molar-refractivity contribution < 1.29 is 9.84 Å². The molecule has 3 fully saturated rings. The van der Waals surface area contributed by atoms with Crippen molar-refractivity contribution in [2.45, 2.75) is 25.0 Å². The van der Waals surface area contributed by atoms with E-state index in [1.54, 1.807) is 13.3 Å². The summed E-state index contributed by atoms with van der Waals surface area (Å²) < 4.78 is 5.35. The van der Waals surface area contributed by atoms with Crippen molar-refractivity contribution in [3.05, 3.63) is 48.7 Å². The van der Waals surface area contributed by atoms with Gasteiger partial charge in [0.15, 0.2) is 0 Å². The molecule has 5 unspecified atom stereocenters. The lowest BCUT2D eigenvalue weighted by Crippen LogP contribution is -2.54. The van der Waals surface area contributed by atoms with Gasteiger partial charge in [-0.3, -0.25) is 9.88 Å². The zero-order valence-corrected chi connectivity index (χ0v) is 16.3. The van der Waals surface area contributed by atoms with E-state index in [-0.39, 0.29) is 6.04 Å². The summed E-state index contributed by atoms with van der Waals surface area (Å²) in [5, 5.41) is 20.8. The fourth-order valence-electron chi connectivity index (χ4n) is 4.44. The third-order valence-electron chi connectivity index (χ3n) is 5.82. The molecule has 1 N–H and O–H groups in total. The van der Waals surface area contributed by atoms with Crippen LogP contribution < -0.4 is 4.74 Å². The number of aliphatic hydroxyl groups is 1. The van der Waals surface area contributed by atoms with Gasteiger partial charge in [0.25, 0.3) is 0 Å². The molecule has 0 aliphatic carbocycles. The highest BCUT2D eigenvalue weighted by Crippen LogP contribution is 2.42. The van der Waals surface area contributed by atoms with Crippen molar-refractivity contribution in [3.8, 4) is 11.2 Å². The Hall–Kier alpha value is -2.07. The van der Waals surface area contributed by atoms with Gasteiger partial charge in [-0.2, -0.15) is 5.26 Å². The normalized spacial score (nSPS) is 27.2. The predicted octanol–water partition coefficient (Wildman–Crippen LogP) is 3.57. The molecule has 0 amide bonds. The number of thiol groups is 1. The number of nitriles is 1. The van der Waals surface area contributed by atoms with Crippen LogP contribution in [-0.2, 0) is 0 Å². The Morgan fingerprint density at radius 2 is 2.26 bits per heavy atom. The Kier molecular flexibility index (Phi) is 6.38. The van der Waals surface area contributed by atoms with E-state index in [0.29, 0.717) is 11.8 Å². The zero-order chi connectivity index (χ0) is 19.4. The molecule has 1 aromatic carbocycles. The van der Waals surface area contributed by atoms with Crippen molar-refractivity contribution in [1.82, 2.24) is 9.88 Å². The van der Waals surface area contributed by atoms with Crippen molar-refractivity contribution in [2.75, 3.05) is 20.2 Å². The number of rotatable bonds is 4. The van der Waals surface area contributed by atoms with Crippen LogP contribution in [0.2, 0.25) is 0 Å². The summed E-state index contributed by atoms with van der Waals surface area (Å²) in [7, 11) is 1.66. The first-order valence-corrected chi connectivity index (χ1v) is 9.58. The molecule has 5 nitrogen and oxygen atoms in total. The summed E-state index contributed by atoms with van der Waals surface area (Å²) in [5.74, 6) is 2.01. The number of hydrogen-bond acceptors (Lipinski definition) is 6. The summed E-state index contributed by atoms with van der Waals surface area (Å²) in [4.78, 5) is 6.86. The predicted molar refractivity (Wildman–Crippen MR) is 110 cm³/mol. The number of aliphatic hydroxyl groups excluding tert-OH is 1. The summed E-state index contributed by atoms with van der Waals surface area (Å²) in [5.41, 5.74) is 1.85. The maximum Gasteiger partial charge on any atom is 0.130 e. The van der Waals surface area contributed by atoms with Gasteiger partial charge >= 0.3 is 0 Å². The molecule has 5 rings (SSSR count). The Morgan fingerprint density at radius 1 is 1.48 bits per heavy atom. The lowest BCUT2D eigenvalue weighted by Gasteiger charge is -2.50. The van der Waals surface area contributed by atoms with E-state index in [4.69, 9.17) is 10.00 Å². The van der Waals surface area contributed by atoms with Gasteiger partial charge in [0.1, 0.15) is 11.2 Å². The van der Waals surface area contributed by atoms with Crippen molar-refractivity contribution >= 4 is 23.5 Å². The molecule has 4 heterocycles. The van der Waals surface area contributed by atoms with E-state index in [1.165, 1.54) is 11.8 Å². The van der Waals surface area contributed by atoms with E-state index in [1.807, 2.05) is 24.3 Å². The molecular formula is C21H25N3O2S. The van der Waals surface area contributed by atoms with Gasteiger partial charge in [-0.25, -0.2) is 0 Å². The molecule has 3 aliphatic heterocycles. The Bertz CT molecular complexity index is 851. The second-order valence-electron chi connectivity index (χ2n) is 7.07. The number of hydrogen-bond donors (Lipinski definition) is 2. The SMILES string of the molecule is C=CC1CN2CCC1CC2C(O)c1ccnc2ccc(OC)cc12.N#CS. The molecule has 3 aliphatic rings. The number of nitrogens with zero attached hydrogens (tertiary/aromatic N) is 3. The number of methoxy groups -OCH3 is 1. The minimum Gasteiger partial charge on any atom is -0.497 e.